The molecular formula is C20H29ClNO4P. The number of nitrogens with one attached hydrogen (secondary N) is 1. The molecule has 0 heterocycles. The molecule has 0 saturated carbocycles. The molecule has 0 aliphatic carbocycles. The van der Waals surface area contributed by atoms with Crippen molar-refractivity contribution in [1.29, 1.82) is 0 Å². The van der Waals surface area contributed by atoms with Crippen LogP contribution in [0.5, 0.6) is 5.75 Å². The average Bonchev–Trinajstić information content (AvgIpc) is 2.60. The van der Waals surface area contributed by atoms with Crippen LogP contribution in [0.1, 0.15) is 41.5 Å². The molecule has 2 rings (SSSR count). The first kappa shape index (κ1) is 23.5. The second-order valence-corrected chi connectivity index (χ2v) is 9.80. The molecule has 5 nitrogen and oxygen atoms in total. The van der Waals surface area contributed by atoms with Gasteiger partial charge in [-0.25, -0.2) is 9.65 Å². The van der Waals surface area contributed by atoms with Gasteiger partial charge >= 0.3 is 12.8 Å². The fraction of sp³-hybridized carbons (Fsp3) is 0.450. The Balaban J connectivity index is 0.00000176. The maximum atomic E-state index is 12.6. The van der Waals surface area contributed by atoms with E-state index in [1.165, 1.54) is 6.92 Å². The molecule has 27 heavy (non-hydrogen) atoms. The van der Waals surface area contributed by atoms with Crippen molar-refractivity contribution in [1.82, 2.24) is 5.09 Å². The van der Waals surface area contributed by atoms with Gasteiger partial charge in [0, 0.05) is 16.6 Å². The van der Waals surface area contributed by atoms with Gasteiger partial charge in [-0.15, -0.1) is 0 Å². The van der Waals surface area contributed by atoms with Gasteiger partial charge in [0.1, 0.15) is 11.8 Å². The second-order valence-electron chi connectivity index (χ2n) is 7.07. The number of ether oxygens (including phenoxy) is 1. The highest BCUT2D eigenvalue weighted by atomic mass is 35.7. The fourth-order valence-electron chi connectivity index (χ4n) is 2.12. The zero-order chi connectivity index (χ0) is 20.7. The maximum absolute atomic E-state index is 12.6. The van der Waals surface area contributed by atoms with Crippen LogP contribution in [0.4, 0.5) is 0 Å². The summed E-state index contributed by atoms with van der Waals surface area (Å²) in [5.74, 6) is -0.142. The minimum absolute atomic E-state index is 0.153. The molecule has 0 aromatic heterocycles. The van der Waals surface area contributed by atoms with E-state index in [1.54, 1.807) is 12.1 Å². The normalized spacial score (nSPS) is 14.5. The Morgan fingerprint density at radius 3 is 2.37 bits per heavy atom. The van der Waals surface area contributed by atoms with E-state index in [9.17, 15) is 9.36 Å². The van der Waals surface area contributed by atoms with Gasteiger partial charge in [-0.2, -0.15) is 0 Å². The summed E-state index contributed by atoms with van der Waals surface area (Å²) in [6.45, 7) is 7.88. The molecule has 0 spiro atoms. The smallest absolute Gasteiger partial charge is 0.409 e. The summed E-state index contributed by atoms with van der Waals surface area (Å²) in [6.07, 6.45) is 0. The lowest BCUT2D eigenvalue weighted by Crippen LogP contribution is -2.34. The number of hydrogen-bond donors (Lipinski definition) is 1. The van der Waals surface area contributed by atoms with Gasteiger partial charge < -0.3 is 9.26 Å². The first-order valence-electron chi connectivity index (χ1n) is 8.99. The van der Waals surface area contributed by atoms with E-state index in [4.69, 9.17) is 20.5 Å². The first-order valence-corrected chi connectivity index (χ1v) is 11.5. The number of benzene rings is 2. The van der Waals surface area contributed by atoms with E-state index in [1.807, 2.05) is 65.0 Å². The fourth-order valence-corrected chi connectivity index (χ4v) is 3.82. The first-order chi connectivity index (χ1) is 12.6. The van der Waals surface area contributed by atoms with Crippen LogP contribution in [0.3, 0.4) is 0 Å². The largest absolute Gasteiger partial charge is 0.464 e. The standard InChI is InChI=1S/C18H23ClNO4P.C2H6/c1-13(17(21)23-12-18(2,3)4)20-25(19,22)24-16-11-7-9-14-8-5-6-10-15(14)16;1-2/h5-11,13H,12H2,1-4H3,(H,20,22);1-2H3. The van der Waals surface area contributed by atoms with Crippen LogP contribution in [0.25, 0.3) is 10.8 Å². The van der Waals surface area contributed by atoms with E-state index < -0.39 is 18.9 Å². The van der Waals surface area contributed by atoms with Gasteiger partial charge in [0.15, 0.2) is 0 Å². The van der Waals surface area contributed by atoms with E-state index in [2.05, 4.69) is 5.09 Å². The van der Waals surface area contributed by atoms with Crippen molar-refractivity contribution >= 4 is 34.9 Å². The molecule has 0 aliphatic heterocycles. The lowest BCUT2D eigenvalue weighted by atomic mass is 9.99. The Kier molecular flexibility index (Phi) is 8.80. The molecule has 1 N–H and O–H groups in total. The molecule has 0 radical (unpaired) electrons. The average molecular weight is 414 g/mol. The molecule has 2 unspecified atom stereocenters. The third kappa shape index (κ3) is 7.92. The number of carbonyl (C=O) groups excluding carboxylic acids is 1. The topological polar surface area (TPSA) is 64.6 Å². The van der Waals surface area contributed by atoms with Gasteiger partial charge in [-0.05, 0) is 23.8 Å². The number of halogens is 1. The SMILES string of the molecule is CC.CC(NP(=O)(Cl)Oc1cccc2ccccc12)C(=O)OCC(C)(C)C. The van der Waals surface area contributed by atoms with Crippen molar-refractivity contribution in [2.75, 3.05) is 6.61 Å². The number of fused-ring (bicyclic) bond motifs is 1. The van der Waals surface area contributed by atoms with Gasteiger partial charge in [0.25, 0.3) is 0 Å². The lowest BCUT2D eigenvalue weighted by Gasteiger charge is -2.22. The van der Waals surface area contributed by atoms with Crippen LogP contribution in [0.15, 0.2) is 42.5 Å². The zero-order valence-corrected chi connectivity index (χ0v) is 18.4. The van der Waals surface area contributed by atoms with Crippen LogP contribution in [-0.4, -0.2) is 18.6 Å². The molecule has 2 aromatic rings. The van der Waals surface area contributed by atoms with Crippen LogP contribution in [0, 0.1) is 5.41 Å². The van der Waals surface area contributed by atoms with Gasteiger partial charge in [-0.1, -0.05) is 71.0 Å². The summed E-state index contributed by atoms with van der Waals surface area (Å²) in [7, 11) is 0. The van der Waals surface area contributed by atoms with Gasteiger partial charge in [-0.3, -0.25) is 4.79 Å². The van der Waals surface area contributed by atoms with Crippen LogP contribution in [-0.2, 0) is 14.1 Å². The molecule has 0 bridgehead atoms. The van der Waals surface area contributed by atoms with E-state index in [-0.39, 0.29) is 12.0 Å². The molecule has 2 atom stereocenters. The number of carbonyl (C=O) groups is 1. The third-order valence-corrected chi connectivity index (χ3v) is 4.94. The van der Waals surface area contributed by atoms with E-state index in [0.717, 1.165) is 10.8 Å². The van der Waals surface area contributed by atoms with Crippen molar-refractivity contribution in [3.63, 3.8) is 0 Å². The molecule has 150 valence electrons. The summed E-state index contributed by atoms with van der Waals surface area (Å²) >= 11 is 6.01. The molecule has 0 amide bonds. The monoisotopic (exact) mass is 413 g/mol. The lowest BCUT2D eigenvalue weighted by molar-refractivity contribution is -0.147. The Hall–Kier alpha value is -1.55. The Morgan fingerprint density at radius 2 is 1.74 bits per heavy atom. The molecule has 0 saturated heterocycles. The quantitative estimate of drug-likeness (QED) is 0.454. The highest BCUT2D eigenvalue weighted by molar-refractivity contribution is 7.84. The Morgan fingerprint density at radius 1 is 1.15 bits per heavy atom. The summed E-state index contributed by atoms with van der Waals surface area (Å²) in [5, 5.41) is 4.26. The summed E-state index contributed by atoms with van der Waals surface area (Å²) in [5.41, 5.74) is -0.153. The molecule has 7 heteroatoms. The zero-order valence-electron chi connectivity index (χ0n) is 16.8. The molecule has 0 fully saturated rings. The Labute approximate surface area is 166 Å². The third-order valence-electron chi connectivity index (χ3n) is 3.31. The molecule has 2 aromatic carbocycles. The van der Waals surface area contributed by atoms with Crippen LogP contribution >= 0.6 is 18.1 Å². The summed E-state index contributed by atoms with van der Waals surface area (Å²) in [6, 6.07) is 12.1. The van der Waals surface area contributed by atoms with Gasteiger partial charge in [0.05, 0.1) is 6.61 Å². The highest BCUT2D eigenvalue weighted by Crippen LogP contribution is 2.50. The Bertz CT molecular complexity index is 799. The second kappa shape index (κ2) is 10.1. The summed E-state index contributed by atoms with van der Waals surface area (Å²) < 4.78 is 23.2. The predicted molar refractivity (Wildman–Crippen MR) is 112 cm³/mol. The van der Waals surface area contributed by atoms with E-state index >= 15 is 0 Å². The minimum Gasteiger partial charge on any atom is -0.464 e. The van der Waals surface area contributed by atoms with Gasteiger partial charge in [0.2, 0.25) is 0 Å². The van der Waals surface area contributed by atoms with Crippen LogP contribution in [0.2, 0.25) is 0 Å². The predicted octanol–water partition coefficient (Wildman–Crippen LogP) is 6.16. The van der Waals surface area contributed by atoms with Crippen molar-refractivity contribution in [3.8, 4) is 5.75 Å². The maximum Gasteiger partial charge on any atom is 0.409 e. The number of esters is 1. The summed E-state index contributed by atoms with van der Waals surface area (Å²) in [4.78, 5) is 12.0. The minimum atomic E-state index is -3.77. The number of hydrogen-bond acceptors (Lipinski definition) is 4. The molecular weight excluding hydrogens is 385 g/mol. The van der Waals surface area contributed by atoms with Crippen LogP contribution < -0.4 is 9.61 Å². The highest BCUT2D eigenvalue weighted by Gasteiger charge is 2.29. The molecule has 0 aliphatic rings. The van der Waals surface area contributed by atoms with Crippen molar-refractivity contribution in [2.24, 2.45) is 5.41 Å². The van der Waals surface area contributed by atoms with E-state index in [0.29, 0.717) is 5.75 Å². The van der Waals surface area contributed by atoms with Crippen molar-refractivity contribution in [2.45, 2.75) is 47.6 Å². The van der Waals surface area contributed by atoms with Crippen molar-refractivity contribution < 1.29 is 18.6 Å². The van der Waals surface area contributed by atoms with Crippen molar-refractivity contribution in [3.05, 3.63) is 42.5 Å². The number of rotatable bonds is 6.